The van der Waals surface area contributed by atoms with E-state index in [-0.39, 0.29) is 29.3 Å². The lowest BCUT2D eigenvalue weighted by Crippen LogP contribution is -3.00. The molecule has 7 heteroatoms. The number of methoxy groups -OCH3 is 1. The molecule has 0 spiro atoms. The minimum atomic E-state index is 0. The first-order chi connectivity index (χ1) is 21.0. The predicted octanol–water partition coefficient (Wildman–Crippen LogP) is 5.07. The van der Waals surface area contributed by atoms with E-state index in [2.05, 4.69) is 48.8 Å². The smallest absolute Gasteiger partial charge is 0.245 e. The summed E-state index contributed by atoms with van der Waals surface area (Å²) < 4.78 is 22.1. The Morgan fingerprint density at radius 2 is 1.41 bits per heavy atom. The molecule has 0 fully saturated rings. The number of carbonyl (C=O) groups is 1. The van der Waals surface area contributed by atoms with Crippen LogP contribution in [0, 0.1) is 13.8 Å². The van der Waals surface area contributed by atoms with E-state index in [9.17, 15) is 4.79 Å². The second-order valence-corrected chi connectivity index (χ2v) is 10.9. The lowest BCUT2D eigenvalue weighted by molar-refractivity contribution is -0.657. The van der Waals surface area contributed by atoms with Crippen molar-refractivity contribution < 1.29 is 39.9 Å². The normalized spacial score (nSPS) is 11.2. The van der Waals surface area contributed by atoms with Crippen molar-refractivity contribution in [1.82, 2.24) is 4.57 Å². The number of fused-ring (bicyclic) bond motifs is 3. The molecule has 0 N–H and O–H groups in total. The van der Waals surface area contributed by atoms with Gasteiger partial charge in [-0.1, -0.05) is 36.4 Å². The number of carbonyl (C=O) groups excluding carboxylic acids is 1. The van der Waals surface area contributed by atoms with Crippen molar-refractivity contribution in [3.63, 3.8) is 0 Å². The van der Waals surface area contributed by atoms with E-state index in [0.717, 1.165) is 55.8 Å². The van der Waals surface area contributed by atoms with Crippen molar-refractivity contribution in [3.8, 4) is 5.75 Å². The lowest BCUT2D eigenvalue weighted by Gasteiger charge is -2.03. The molecule has 7 rings (SSSR count). The van der Waals surface area contributed by atoms with E-state index < -0.39 is 0 Å². The molecule has 0 bridgehead atoms. The van der Waals surface area contributed by atoms with E-state index in [1.807, 2.05) is 83.7 Å². The van der Waals surface area contributed by atoms with Crippen molar-refractivity contribution in [2.75, 3.05) is 7.11 Å². The van der Waals surface area contributed by atoms with Crippen LogP contribution in [0.15, 0.2) is 118 Å². The highest BCUT2D eigenvalue weighted by atomic mass is 79.9. The first kappa shape index (κ1) is 29.2. The molecule has 3 heterocycles. The van der Waals surface area contributed by atoms with Crippen molar-refractivity contribution in [1.29, 1.82) is 0 Å². The number of Topliss-reactive ketones (excluding diaryl/α,β-unsaturated/α-hetero) is 1. The Labute approximate surface area is 265 Å². The van der Waals surface area contributed by atoms with Gasteiger partial charge in [-0.2, -0.15) is 0 Å². The largest absolute Gasteiger partial charge is 1.00 e. The van der Waals surface area contributed by atoms with Crippen LogP contribution in [0.1, 0.15) is 33.0 Å². The van der Waals surface area contributed by atoms with E-state index in [4.69, 9.17) is 13.6 Å². The fraction of sp³-hybridized carbons (Fsp3) is 0.135. The molecule has 0 saturated heterocycles. The number of furan rings is 2. The number of allylic oxidation sites excluding steroid dienone is 1. The van der Waals surface area contributed by atoms with Crippen LogP contribution in [0.2, 0.25) is 0 Å². The second kappa shape index (κ2) is 12.0. The van der Waals surface area contributed by atoms with E-state index in [1.165, 1.54) is 11.1 Å². The number of ketones is 1. The van der Waals surface area contributed by atoms with Crippen molar-refractivity contribution >= 4 is 44.3 Å². The van der Waals surface area contributed by atoms with Gasteiger partial charge in [0.2, 0.25) is 12.1 Å². The van der Waals surface area contributed by atoms with Gasteiger partial charge in [0.25, 0.3) is 0 Å². The monoisotopic (exact) mass is 646 g/mol. The van der Waals surface area contributed by atoms with Crippen LogP contribution in [-0.2, 0) is 13.1 Å². The Kier molecular flexibility index (Phi) is 7.97. The van der Waals surface area contributed by atoms with E-state index >= 15 is 0 Å². The van der Waals surface area contributed by atoms with Crippen LogP contribution in [-0.4, -0.2) is 17.5 Å². The number of aryl methyl sites for hydroxylation is 2. The third-order valence-corrected chi connectivity index (χ3v) is 8.09. The molecule has 4 aromatic carbocycles. The zero-order valence-corrected chi connectivity index (χ0v) is 26.3. The quantitative estimate of drug-likeness (QED) is 0.171. The molecule has 0 aliphatic rings. The molecule has 0 aliphatic carbocycles. The molecule has 0 saturated carbocycles. The van der Waals surface area contributed by atoms with Crippen LogP contribution in [0.5, 0.6) is 5.75 Å². The minimum Gasteiger partial charge on any atom is -1.00 e. The second-order valence-electron chi connectivity index (χ2n) is 10.9. The Hall–Kier alpha value is -4.88. The summed E-state index contributed by atoms with van der Waals surface area (Å²) in [5.74, 6) is 2.24. The van der Waals surface area contributed by atoms with Gasteiger partial charge in [-0.05, 0) is 91.7 Å². The number of halogens is 1. The number of benzene rings is 4. The standard InChI is InChI=1S/C37H31N2O4.BrH/c1-24-18-31-32(19-25(24)2)39(22-33(40)26-12-14-29(41-3)15-13-26)23-38(31)17-16-30(36-20-27-8-4-6-10-34(27)42-36)37-21-28-9-5-7-11-35(28)43-37;/h4-16,18-21,23H,17,22H2,1-3H3;1H/q+1;/p-1. The molecule has 7 aromatic rings. The number of hydrogen-bond donors (Lipinski definition) is 0. The summed E-state index contributed by atoms with van der Waals surface area (Å²) in [7, 11) is 1.62. The summed E-state index contributed by atoms with van der Waals surface area (Å²) in [6.45, 7) is 4.99. The lowest BCUT2D eigenvalue weighted by atomic mass is 10.1. The maximum Gasteiger partial charge on any atom is 0.245 e. The van der Waals surface area contributed by atoms with Gasteiger partial charge >= 0.3 is 0 Å². The summed E-state index contributed by atoms with van der Waals surface area (Å²) in [5, 5.41) is 2.07. The summed E-state index contributed by atoms with van der Waals surface area (Å²) in [4.78, 5) is 13.3. The molecule has 6 nitrogen and oxygen atoms in total. The average molecular weight is 648 g/mol. The SMILES string of the molecule is COc1ccc(C(=O)C[n+]2cn(CC=C(c3cc4ccccc4o3)c3cc4ccccc4o3)c3cc(C)c(C)cc32)cc1.[Br-]. The molecule has 220 valence electrons. The van der Waals surface area contributed by atoms with Crippen molar-refractivity contribution in [3.05, 3.63) is 138 Å². The van der Waals surface area contributed by atoms with Crippen molar-refractivity contribution in [2.45, 2.75) is 26.9 Å². The van der Waals surface area contributed by atoms with Gasteiger partial charge < -0.3 is 30.6 Å². The Morgan fingerprint density at radius 3 is 2.00 bits per heavy atom. The fourth-order valence-electron chi connectivity index (χ4n) is 5.57. The van der Waals surface area contributed by atoms with Crippen LogP contribution >= 0.6 is 0 Å². The zero-order chi connectivity index (χ0) is 29.5. The third-order valence-electron chi connectivity index (χ3n) is 8.09. The van der Waals surface area contributed by atoms with E-state index in [0.29, 0.717) is 12.1 Å². The third kappa shape index (κ3) is 5.47. The number of nitrogens with zero attached hydrogens (tertiary/aromatic N) is 2. The first-order valence-corrected chi connectivity index (χ1v) is 14.3. The molecular formula is C37H31BrN2O4. The number of hydrogen-bond acceptors (Lipinski definition) is 4. The van der Waals surface area contributed by atoms with E-state index in [1.54, 1.807) is 7.11 Å². The molecule has 0 atom stereocenters. The number of rotatable bonds is 8. The average Bonchev–Trinajstić information content (AvgIpc) is 3.73. The highest BCUT2D eigenvalue weighted by molar-refractivity contribution is 5.95. The van der Waals surface area contributed by atoms with Gasteiger partial charge in [0.05, 0.1) is 12.7 Å². The van der Waals surface area contributed by atoms with Gasteiger partial charge in [-0.25, -0.2) is 9.13 Å². The highest BCUT2D eigenvalue weighted by Crippen LogP contribution is 2.33. The molecule has 0 unspecified atom stereocenters. The maximum atomic E-state index is 13.3. The summed E-state index contributed by atoms with van der Waals surface area (Å²) in [5.41, 5.74) is 7.60. The molecule has 0 amide bonds. The Balaban J connectivity index is 0.00000343. The minimum absolute atomic E-state index is 0. The molecule has 0 radical (unpaired) electrons. The van der Waals surface area contributed by atoms with Gasteiger partial charge in [0.1, 0.15) is 35.0 Å². The summed E-state index contributed by atoms with van der Waals surface area (Å²) in [6, 6.07) is 31.7. The topological polar surface area (TPSA) is 61.4 Å². The number of ether oxygens (including phenoxy) is 1. The Morgan fingerprint density at radius 1 is 0.818 bits per heavy atom. The maximum absolute atomic E-state index is 13.3. The van der Waals surface area contributed by atoms with Crippen LogP contribution in [0.3, 0.4) is 0 Å². The number of aromatic nitrogens is 2. The van der Waals surface area contributed by atoms with Crippen LogP contribution < -0.4 is 26.3 Å². The Bertz CT molecular complexity index is 2020. The molecule has 3 aromatic heterocycles. The van der Waals surface area contributed by atoms with Gasteiger partial charge in [0, 0.05) is 16.3 Å². The number of para-hydroxylation sites is 2. The van der Waals surface area contributed by atoms with Gasteiger partial charge in [-0.15, -0.1) is 0 Å². The zero-order valence-electron chi connectivity index (χ0n) is 24.7. The summed E-state index contributed by atoms with van der Waals surface area (Å²) >= 11 is 0. The van der Waals surface area contributed by atoms with Gasteiger partial charge in [0.15, 0.2) is 17.6 Å². The molecule has 44 heavy (non-hydrogen) atoms. The van der Waals surface area contributed by atoms with Crippen molar-refractivity contribution in [2.24, 2.45) is 0 Å². The van der Waals surface area contributed by atoms with Crippen LogP contribution in [0.25, 0.3) is 38.5 Å². The number of imidazole rings is 1. The molecule has 0 aliphatic heterocycles. The predicted molar refractivity (Wildman–Crippen MR) is 168 cm³/mol. The summed E-state index contributed by atoms with van der Waals surface area (Å²) in [6.07, 6.45) is 4.16. The van der Waals surface area contributed by atoms with Crippen LogP contribution in [0.4, 0.5) is 0 Å². The highest BCUT2D eigenvalue weighted by Gasteiger charge is 2.21. The molecular weight excluding hydrogens is 616 g/mol. The fourth-order valence-corrected chi connectivity index (χ4v) is 5.57. The van der Waals surface area contributed by atoms with Gasteiger partial charge in [-0.3, -0.25) is 4.79 Å². The first-order valence-electron chi connectivity index (χ1n) is 14.3.